The van der Waals surface area contributed by atoms with Crippen molar-refractivity contribution in [1.82, 2.24) is 0 Å². The van der Waals surface area contributed by atoms with Crippen LogP contribution in [0.5, 0.6) is 0 Å². The number of esters is 1. The largest absolute Gasteiger partial charge is 0.472 e. The maximum Gasteiger partial charge on any atom is 0.342 e. The van der Waals surface area contributed by atoms with E-state index in [4.69, 9.17) is 9.15 Å². The van der Waals surface area contributed by atoms with Gasteiger partial charge in [0.25, 0.3) is 0 Å². The number of Topliss-reactive ketones (excluding diaryl/α,β-unsaturated/α-hetero) is 1. The Labute approximate surface area is 147 Å². The van der Waals surface area contributed by atoms with Crippen molar-refractivity contribution in [2.75, 3.05) is 6.61 Å². The summed E-state index contributed by atoms with van der Waals surface area (Å²) in [6.07, 6.45) is 9.37. The first-order valence-electron chi connectivity index (χ1n) is 8.95. The minimum Gasteiger partial charge on any atom is -0.472 e. The summed E-state index contributed by atoms with van der Waals surface area (Å²) in [6, 6.07) is 1.94. The van der Waals surface area contributed by atoms with Crippen molar-refractivity contribution >= 4 is 11.8 Å². The van der Waals surface area contributed by atoms with E-state index >= 15 is 0 Å². The first-order chi connectivity index (χ1) is 11.8. The number of hydrogen-bond donors (Lipinski definition) is 1. The average molecular weight is 344 g/mol. The number of ketones is 1. The van der Waals surface area contributed by atoms with E-state index < -0.39 is 17.0 Å². The summed E-state index contributed by atoms with van der Waals surface area (Å²) in [6.45, 7) is 4.24. The molecule has 4 rings (SSSR count). The van der Waals surface area contributed by atoms with Crippen LogP contribution in [0.1, 0.15) is 38.7 Å². The molecule has 2 aliphatic carbocycles. The fourth-order valence-corrected chi connectivity index (χ4v) is 5.40. The van der Waals surface area contributed by atoms with E-state index in [9.17, 15) is 14.7 Å². The highest BCUT2D eigenvalue weighted by Gasteiger charge is 2.71. The lowest BCUT2D eigenvalue weighted by atomic mass is 9.44. The van der Waals surface area contributed by atoms with Crippen molar-refractivity contribution in [3.8, 4) is 0 Å². The molecule has 2 fully saturated rings. The summed E-state index contributed by atoms with van der Waals surface area (Å²) in [4.78, 5) is 25.2. The number of ether oxygens (including phenoxy) is 1. The van der Waals surface area contributed by atoms with Crippen molar-refractivity contribution in [3.05, 3.63) is 36.3 Å². The second-order valence-corrected chi connectivity index (χ2v) is 8.19. The van der Waals surface area contributed by atoms with Gasteiger partial charge in [0.1, 0.15) is 12.4 Å². The summed E-state index contributed by atoms with van der Waals surface area (Å²) >= 11 is 0. The van der Waals surface area contributed by atoms with Gasteiger partial charge in [-0.05, 0) is 48.3 Å². The second kappa shape index (κ2) is 5.31. The lowest BCUT2D eigenvalue weighted by molar-refractivity contribution is -0.170. The van der Waals surface area contributed by atoms with Crippen LogP contribution < -0.4 is 0 Å². The molecule has 0 bridgehead atoms. The molecule has 5 heteroatoms. The molecule has 2 heterocycles. The molecule has 0 aromatic carbocycles. The maximum atomic E-state index is 12.9. The van der Waals surface area contributed by atoms with E-state index in [0.717, 1.165) is 24.8 Å². The number of aryl methyl sites for hydroxylation is 1. The molecule has 1 aliphatic heterocycles. The van der Waals surface area contributed by atoms with Crippen LogP contribution in [0.3, 0.4) is 0 Å². The first-order valence-corrected chi connectivity index (χ1v) is 8.95. The molecule has 5 atom stereocenters. The van der Waals surface area contributed by atoms with Crippen LogP contribution in [-0.4, -0.2) is 29.1 Å². The Balaban J connectivity index is 1.75. The topological polar surface area (TPSA) is 76.7 Å². The smallest absolute Gasteiger partial charge is 0.342 e. The van der Waals surface area contributed by atoms with E-state index in [1.165, 1.54) is 0 Å². The lowest BCUT2D eigenvalue weighted by Gasteiger charge is -2.58. The van der Waals surface area contributed by atoms with Gasteiger partial charge in [0.2, 0.25) is 0 Å². The van der Waals surface area contributed by atoms with Crippen LogP contribution in [0.2, 0.25) is 0 Å². The molecule has 3 aliphatic rings. The minimum absolute atomic E-state index is 0.0149. The SMILES string of the molecule is C[C@@H]1C(=O)C[C@@]23COC(=O)[C@]2(O)C=CC[C@@H]3[C@@]1(C)CCc1ccoc1. The Morgan fingerprint density at radius 2 is 2.16 bits per heavy atom. The average Bonchev–Trinajstić information content (AvgIpc) is 3.19. The van der Waals surface area contributed by atoms with E-state index in [-0.39, 0.29) is 36.1 Å². The van der Waals surface area contributed by atoms with Crippen LogP contribution >= 0.6 is 0 Å². The maximum absolute atomic E-state index is 12.9. The number of hydrogen-bond acceptors (Lipinski definition) is 5. The van der Waals surface area contributed by atoms with Gasteiger partial charge in [-0.2, -0.15) is 0 Å². The lowest BCUT2D eigenvalue weighted by Crippen LogP contribution is -2.63. The number of aliphatic hydroxyl groups is 1. The fraction of sp³-hybridized carbons (Fsp3) is 0.600. The molecular formula is C20H24O5. The fourth-order valence-electron chi connectivity index (χ4n) is 5.40. The van der Waals surface area contributed by atoms with Crippen LogP contribution in [0.25, 0.3) is 0 Å². The van der Waals surface area contributed by atoms with E-state index in [1.54, 1.807) is 18.6 Å². The van der Waals surface area contributed by atoms with Crippen LogP contribution in [-0.2, 0) is 20.7 Å². The van der Waals surface area contributed by atoms with E-state index in [1.807, 2.05) is 19.1 Å². The van der Waals surface area contributed by atoms with Gasteiger partial charge >= 0.3 is 5.97 Å². The third-order valence-electron chi connectivity index (χ3n) is 7.22. The number of carbonyl (C=O) groups is 2. The van der Waals surface area contributed by atoms with Crippen molar-refractivity contribution in [1.29, 1.82) is 0 Å². The number of furan rings is 1. The highest BCUT2D eigenvalue weighted by Crippen LogP contribution is 2.64. The Kier molecular flexibility index (Phi) is 3.52. The van der Waals surface area contributed by atoms with Gasteiger partial charge in [-0.25, -0.2) is 4.79 Å². The summed E-state index contributed by atoms with van der Waals surface area (Å²) in [5.74, 6) is -0.617. The summed E-state index contributed by atoms with van der Waals surface area (Å²) in [5.41, 5.74) is -1.74. The Morgan fingerprint density at radius 3 is 2.88 bits per heavy atom. The van der Waals surface area contributed by atoms with Gasteiger partial charge in [-0.15, -0.1) is 0 Å². The molecule has 134 valence electrons. The highest BCUT2D eigenvalue weighted by molar-refractivity contribution is 5.90. The molecule has 1 N–H and O–H groups in total. The van der Waals surface area contributed by atoms with E-state index in [2.05, 4.69) is 6.92 Å². The molecule has 1 saturated heterocycles. The van der Waals surface area contributed by atoms with Gasteiger partial charge in [0, 0.05) is 12.3 Å². The molecule has 1 aromatic heterocycles. The zero-order chi connectivity index (χ0) is 17.9. The second-order valence-electron chi connectivity index (χ2n) is 8.19. The van der Waals surface area contributed by atoms with Crippen molar-refractivity contribution in [2.45, 2.75) is 45.1 Å². The number of rotatable bonds is 3. The molecule has 0 amide bonds. The van der Waals surface area contributed by atoms with Gasteiger partial charge in [0.05, 0.1) is 17.9 Å². The number of carbonyl (C=O) groups excluding carboxylic acids is 2. The van der Waals surface area contributed by atoms with E-state index in [0.29, 0.717) is 0 Å². The summed E-state index contributed by atoms with van der Waals surface area (Å²) in [5, 5.41) is 11.1. The first kappa shape index (κ1) is 16.6. The molecular weight excluding hydrogens is 320 g/mol. The molecule has 25 heavy (non-hydrogen) atoms. The van der Waals surface area contributed by atoms with Gasteiger partial charge in [-0.1, -0.05) is 19.9 Å². The molecule has 1 spiro atoms. The monoisotopic (exact) mass is 344 g/mol. The van der Waals surface area contributed by atoms with Gasteiger partial charge < -0.3 is 14.3 Å². The number of allylic oxidation sites excluding steroid dienone is 1. The molecule has 1 aromatic rings. The zero-order valence-electron chi connectivity index (χ0n) is 14.7. The minimum atomic E-state index is -1.68. The molecule has 0 unspecified atom stereocenters. The van der Waals surface area contributed by atoms with Crippen LogP contribution in [0.4, 0.5) is 0 Å². The normalized spacial score (nSPS) is 42.8. The summed E-state index contributed by atoms with van der Waals surface area (Å²) < 4.78 is 10.4. The Bertz CT molecular complexity index is 735. The zero-order valence-corrected chi connectivity index (χ0v) is 14.7. The quantitative estimate of drug-likeness (QED) is 0.674. The molecule has 0 radical (unpaired) electrons. The third-order valence-corrected chi connectivity index (χ3v) is 7.22. The predicted molar refractivity (Wildman–Crippen MR) is 89.5 cm³/mol. The van der Waals surface area contributed by atoms with Gasteiger partial charge in [0.15, 0.2) is 5.60 Å². The number of cyclic esters (lactones) is 1. The molecule has 5 nitrogen and oxygen atoms in total. The Hall–Kier alpha value is -1.88. The van der Waals surface area contributed by atoms with Crippen LogP contribution in [0, 0.1) is 22.7 Å². The van der Waals surface area contributed by atoms with Crippen molar-refractivity contribution in [3.63, 3.8) is 0 Å². The molecule has 1 saturated carbocycles. The van der Waals surface area contributed by atoms with Crippen molar-refractivity contribution in [2.24, 2.45) is 22.7 Å². The van der Waals surface area contributed by atoms with Crippen molar-refractivity contribution < 1.29 is 23.8 Å². The predicted octanol–water partition coefficient (Wildman–Crippen LogP) is 2.68. The summed E-state index contributed by atoms with van der Waals surface area (Å²) in [7, 11) is 0. The third kappa shape index (κ3) is 2.05. The standard InChI is InChI=1S/C20H24O5/c1-13-15(21)10-19-12-25-17(22)20(19,23)7-3-4-16(19)18(13,2)8-5-14-6-9-24-11-14/h3,6-7,9,11,13,16,23H,4-5,8,10,12H2,1-2H3/t13-,16-,18+,19+,20-/m1/s1. The van der Waals surface area contributed by atoms with Gasteiger partial charge in [-0.3, -0.25) is 4.79 Å². The Morgan fingerprint density at radius 1 is 1.36 bits per heavy atom. The van der Waals surface area contributed by atoms with Crippen LogP contribution in [0.15, 0.2) is 35.2 Å². The highest BCUT2D eigenvalue weighted by atomic mass is 16.6.